The Bertz CT molecular complexity index is 348. The molecule has 0 aromatic carbocycles. The molecule has 0 aliphatic heterocycles. The Kier molecular flexibility index (Phi) is 4.19. The van der Waals surface area contributed by atoms with Crippen molar-refractivity contribution < 1.29 is 0 Å². The molecule has 80 valence electrons. The minimum atomic E-state index is -0.0690. The van der Waals surface area contributed by atoms with E-state index in [0.29, 0.717) is 0 Å². The molecule has 15 heavy (non-hydrogen) atoms. The van der Waals surface area contributed by atoms with E-state index in [2.05, 4.69) is 41.7 Å². The zero-order chi connectivity index (χ0) is 11.1. The predicted molar refractivity (Wildman–Crippen MR) is 62.7 cm³/mol. The van der Waals surface area contributed by atoms with Crippen LogP contribution in [0.25, 0.3) is 0 Å². The monoisotopic (exact) mass is 203 g/mol. The Hall–Kier alpha value is -1.47. The first-order chi connectivity index (χ1) is 7.14. The lowest BCUT2D eigenvalue weighted by atomic mass is 10.0. The van der Waals surface area contributed by atoms with E-state index in [1.54, 1.807) is 12.4 Å². The second-order valence-electron chi connectivity index (χ2n) is 4.10. The van der Waals surface area contributed by atoms with Crippen LogP contribution >= 0.6 is 0 Å². The molecule has 1 aromatic heterocycles. The van der Waals surface area contributed by atoms with Crippen LogP contribution in [0.4, 0.5) is 5.69 Å². The highest BCUT2D eigenvalue weighted by molar-refractivity contribution is 5.51. The molecule has 0 N–H and O–H groups in total. The molecule has 0 saturated carbocycles. The molecule has 0 spiro atoms. The number of rotatable bonds is 4. The van der Waals surface area contributed by atoms with Gasteiger partial charge in [0.25, 0.3) is 0 Å². The van der Waals surface area contributed by atoms with E-state index in [1.165, 1.54) is 0 Å². The number of aliphatic imine (C=N–C) groups is 2. The van der Waals surface area contributed by atoms with E-state index in [4.69, 9.17) is 0 Å². The average Bonchev–Trinajstić information content (AvgIpc) is 2.19. The Morgan fingerprint density at radius 2 is 2.27 bits per heavy atom. The van der Waals surface area contributed by atoms with Crippen LogP contribution in [0.1, 0.15) is 33.6 Å². The van der Waals surface area contributed by atoms with Gasteiger partial charge in [-0.25, -0.2) is 4.99 Å². The zero-order valence-electron chi connectivity index (χ0n) is 9.57. The number of pyridine rings is 1. The molecule has 0 radical (unpaired) electrons. The minimum absolute atomic E-state index is 0.0690. The van der Waals surface area contributed by atoms with Crippen molar-refractivity contribution in [3.05, 3.63) is 24.5 Å². The third-order valence-corrected chi connectivity index (χ3v) is 2.04. The lowest BCUT2D eigenvalue weighted by Crippen LogP contribution is -2.14. The molecule has 0 fully saturated rings. The van der Waals surface area contributed by atoms with Gasteiger partial charge in [0.05, 0.1) is 23.4 Å². The second kappa shape index (κ2) is 5.42. The fraction of sp³-hybridized carbons (Fsp3) is 0.500. The van der Waals surface area contributed by atoms with Crippen molar-refractivity contribution in [2.24, 2.45) is 9.98 Å². The van der Waals surface area contributed by atoms with Gasteiger partial charge in [-0.15, -0.1) is 0 Å². The number of nitrogens with zero attached hydrogens (tertiary/aromatic N) is 3. The van der Waals surface area contributed by atoms with E-state index in [-0.39, 0.29) is 5.54 Å². The van der Waals surface area contributed by atoms with E-state index in [9.17, 15) is 0 Å². The number of aromatic nitrogens is 1. The highest BCUT2D eigenvalue weighted by atomic mass is 14.9. The molecule has 1 aromatic rings. The standard InChI is InChI=1S/C12H17N3/c1-4-7-12(2,3)15-10-14-11-6-5-8-13-9-11/h5-6,8-9H,4,7H2,1-3H3. The van der Waals surface area contributed by atoms with Gasteiger partial charge in [-0.1, -0.05) is 13.3 Å². The van der Waals surface area contributed by atoms with Gasteiger partial charge >= 0.3 is 0 Å². The molecule has 0 amide bonds. The van der Waals surface area contributed by atoms with Crippen molar-refractivity contribution in [1.82, 2.24) is 4.98 Å². The van der Waals surface area contributed by atoms with Crippen LogP contribution < -0.4 is 0 Å². The lowest BCUT2D eigenvalue weighted by Gasteiger charge is -2.15. The Morgan fingerprint density at radius 1 is 1.47 bits per heavy atom. The summed E-state index contributed by atoms with van der Waals surface area (Å²) in [7, 11) is 0. The summed E-state index contributed by atoms with van der Waals surface area (Å²) < 4.78 is 0. The van der Waals surface area contributed by atoms with E-state index >= 15 is 0 Å². The molecule has 1 rings (SSSR count). The number of hydrogen-bond acceptors (Lipinski definition) is 3. The van der Waals surface area contributed by atoms with Gasteiger partial charge in [0.1, 0.15) is 0 Å². The van der Waals surface area contributed by atoms with Crippen LogP contribution in [-0.2, 0) is 0 Å². The smallest absolute Gasteiger partial charge is 0.0955 e. The Morgan fingerprint density at radius 3 is 2.87 bits per heavy atom. The molecule has 0 aliphatic carbocycles. The van der Waals surface area contributed by atoms with Gasteiger partial charge in [-0.05, 0) is 32.4 Å². The first-order valence-electron chi connectivity index (χ1n) is 5.22. The molecule has 0 atom stereocenters. The minimum Gasteiger partial charge on any atom is -0.262 e. The molecule has 3 nitrogen and oxygen atoms in total. The van der Waals surface area contributed by atoms with Crippen molar-refractivity contribution in [3.63, 3.8) is 0 Å². The van der Waals surface area contributed by atoms with Gasteiger partial charge < -0.3 is 0 Å². The van der Waals surface area contributed by atoms with Gasteiger partial charge in [-0.2, -0.15) is 4.99 Å². The maximum absolute atomic E-state index is 4.30. The molecule has 0 aliphatic rings. The molecular formula is C12H17N3. The van der Waals surface area contributed by atoms with E-state index < -0.39 is 0 Å². The summed E-state index contributed by atoms with van der Waals surface area (Å²) in [6, 6.07) is 6.46. The largest absolute Gasteiger partial charge is 0.262 e. The fourth-order valence-electron chi connectivity index (χ4n) is 1.31. The van der Waals surface area contributed by atoms with E-state index in [0.717, 1.165) is 18.5 Å². The quantitative estimate of drug-likeness (QED) is 0.690. The highest BCUT2D eigenvalue weighted by Gasteiger charge is 2.12. The molecule has 0 unspecified atom stereocenters. The van der Waals surface area contributed by atoms with Crippen molar-refractivity contribution in [2.75, 3.05) is 0 Å². The molecule has 0 saturated heterocycles. The van der Waals surface area contributed by atoms with Crippen LogP contribution in [0.5, 0.6) is 0 Å². The molecule has 0 bridgehead atoms. The Labute approximate surface area is 91.0 Å². The zero-order valence-corrected chi connectivity index (χ0v) is 9.57. The summed E-state index contributed by atoms with van der Waals surface area (Å²) in [5, 5.41) is 0. The van der Waals surface area contributed by atoms with Crippen molar-refractivity contribution in [1.29, 1.82) is 0 Å². The average molecular weight is 203 g/mol. The van der Waals surface area contributed by atoms with Gasteiger partial charge in [0, 0.05) is 6.20 Å². The Balaban J connectivity index is 2.69. The topological polar surface area (TPSA) is 37.6 Å². The van der Waals surface area contributed by atoms with Gasteiger partial charge in [0.15, 0.2) is 0 Å². The highest BCUT2D eigenvalue weighted by Crippen LogP contribution is 2.15. The molecule has 3 heteroatoms. The van der Waals surface area contributed by atoms with Crippen LogP contribution in [0.3, 0.4) is 0 Å². The summed E-state index contributed by atoms with van der Waals surface area (Å²) in [6.07, 6.45) is 5.57. The van der Waals surface area contributed by atoms with Crippen LogP contribution in [0.15, 0.2) is 34.5 Å². The summed E-state index contributed by atoms with van der Waals surface area (Å²) in [6.45, 7) is 6.32. The fourth-order valence-corrected chi connectivity index (χ4v) is 1.31. The summed E-state index contributed by atoms with van der Waals surface area (Å²) in [5.41, 5.74) is 0.717. The third kappa shape index (κ3) is 4.52. The first-order valence-corrected chi connectivity index (χ1v) is 5.22. The predicted octanol–water partition coefficient (Wildman–Crippen LogP) is 3.47. The second-order valence-corrected chi connectivity index (χ2v) is 4.10. The van der Waals surface area contributed by atoms with Gasteiger partial charge in [-0.3, -0.25) is 4.98 Å². The molecular weight excluding hydrogens is 186 g/mol. The SMILES string of the molecule is CCCC(C)(C)N=C=Nc1cccnc1. The van der Waals surface area contributed by atoms with Crippen molar-refractivity contribution >= 4 is 11.7 Å². The first kappa shape index (κ1) is 11.6. The van der Waals surface area contributed by atoms with E-state index in [1.807, 2.05) is 12.1 Å². The third-order valence-electron chi connectivity index (χ3n) is 2.04. The van der Waals surface area contributed by atoms with Crippen LogP contribution in [0.2, 0.25) is 0 Å². The van der Waals surface area contributed by atoms with Crippen molar-refractivity contribution in [2.45, 2.75) is 39.2 Å². The number of hydrogen-bond donors (Lipinski definition) is 0. The summed E-state index contributed by atoms with van der Waals surface area (Å²) in [4.78, 5) is 12.4. The summed E-state index contributed by atoms with van der Waals surface area (Å²) >= 11 is 0. The maximum atomic E-state index is 4.30. The van der Waals surface area contributed by atoms with Crippen LogP contribution in [-0.4, -0.2) is 16.5 Å². The lowest BCUT2D eigenvalue weighted by molar-refractivity contribution is 0.476. The maximum Gasteiger partial charge on any atom is 0.0955 e. The van der Waals surface area contributed by atoms with Crippen LogP contribution in [0, 0.1) is 0 Å². The normalized spacial score (nSPS) is 10.6. The molecule has 1 heterocycles. The summed E-state index contributed by atoms with van der Waals surface area (Å²) in [5.74, 6) is 0. The van der Waals surface area contributed by atoms with Crippen molar-refractivity contribution in [3.8, 4) is 0 Å². The van der Waals surface area contributed by atoms with Gasteiger partial charge in [0.2, 0.25) is 0 Å².